The molecule has 0 spiro atoms. The summed E-state index contributed by atoms with van der Waals surface area (Å²) in [5, 5.41) is 2.90. The molecular formula is C17H28N4O2S. The van der Waals surface area contributed by atoms with Gasteiger partial charge in [0.2, 0.25) is 10.0 Å². The van der Waals surface area contributed by atoms with E-state index in [1.165, 1.54) is 17.1 Å². The van der Waals surface area contributed by atoms with Crippen molar-refractivity contribution in [2.45, 2.75) is 39.0 Å². The van der Waals surface area contributed by atoms with Crippen molar-refractivity contribution in [1.82, 2.24) is 5.32 Å². The quantitative estimate of drug-likeness (QED) is 0.403. The minimum atomic E-state index is -3.34. The number of nitrogens with zero attached hydrogens (tertiary/aromatic N) is 2. The Balaban J connectivity index is 1.78. The van der Waals surface area contributed by atoms with E-state index in [-0.39, 0.29) is 12.3 Å². The van der Waals surface area contributed by atoms with E-state index in [4.69, 9.17) is 5.73 Å². The molecule has 1 aromatic rings. The lowest BCUT2D eigenvalue weighted by molar-refractivity contribution is 0.591. The lowest BCUT2D eigenvalue weighted by Gasteiger charge is -2.19. The van der Waals surface area contributed by atoms with Crippen molar-refractivity contribution in [3.8, 4) is 0 Å². The number of guanidine groups is 1. The van der Waals surface area contributed by atoms with Crippen molar-refractivity contribution in [2.24, 2.45) is 10.7 Å². The van der Waals surface area contributed by atoms with E-state index in [0.717, 1.165) is 30.5 Å². The van der Waals surface area contributed by atoms with E-state index in [2.05, 4.69) is 17.2 Å². The Morgan fingerprint density at radius 2 is 2.08 bits per heavy atom. The van der Waals surface area contributed by atoms with Gasteiger partial charge in [0.25, 0.3) is 0 Å². The number of nitrogens with one attached hydrogen (secondary N) is 1. The molecule has 0 fully saturated rings. The van der Waals surface area contributed by atoms with Gasteiger partial charge in [0.1, 0.15) is 0 Å². The lowest BCUT2D eigenvalue weighted by Crippen LogP contribution is -2.39. The number of benzene rings is 1. The fourth-order valence-electron chi connectivity index (χ4n) is 2.81. The highest BCUT2D eigenvalue weighted by Crippen LogP contribution is 2.29. The molecule has 24 heavy (non-hydrogen) atoms. The second kappa shape index (κ2) is 8.92. The predicted octanol–water partition coefficient (Wildman–Crippen LogP) is 1.86. The van der Waals surface area contributed by atoms with Gasteiger partial charge in [-0.1, -0.05) is 44.4 Å². The molecule has 1 aromatic carbocycles. The highest BCUT2D eigenvalue weighted by atomic mass is 32.2. The molecule has 0 saturated heterocycles. The van der Waals surface area contributed by atoms with Crippen LogP contribution >= 0.6 is 0 Å². The normalized spacial score (nSPS) is 14.7. The number of sulfonamides is 1. The van der Waals surface area contributed by atoms with Gasteiger partial charge in [-0.3, -0.25) is 9.30 Å². The fourth-order valence-corrected chi connectivity index (χ4v) is 4.24. The van der Waals surface area contributed by atoms with Crippen molar-refractivity contribution in [3.05, 3.63) is 29.8 Å². The largest absolute Gasteiger partial charge is 0.370 e. The summed E-state index contributed by atoms with van der Waals surface area (Å²) < 4.78 is 26.5. The van der Waals surface area contributed by atoms with Crippen LogP contribution in [0.4, 0.5) is 5.69 Å². The Labute approximate surface area is 145 Å². The number of nitrogens with two attached hydrogens (primary N) is 1. The Morgan fingerprint density at radius 1 is 1.29 bits per heavy atom. The zero-order valence-corrected chi connectivity index (χ0v) is 15.2. The third-order valence-corrected chi connectivity index (χ3v) is 5.91. The summed E-state index contributed by atoms with van der Waals surface area (Å²) in [6.45, 7) is 3.64. The molecule has 1 heterocycles. The molecule has 0 atom stereocenters. The summed E-state index contributed by atoms with van der Waals surface area (Å²) in [5.74, 6) is 0.330. The van der Waals surface area contributed by atoms with Crippen molar-refractivity contribution in [1.29, 1.82) is 0 Å². The monoisotopic (exact) mass is 352 g/mol. The Morgan fingerprint density at radius 3 is 2.88 bits per heavy atom. The second-order valence-electron chi connectivity index (χ2n) is 6.02. The number of rotatable bonds is 9. The van der Waals surface area contributed by atoms with Gasteiger partial charge in [-0.15, -0.1) is 0 Å². The third-order valence-electron chi connectivity index (χ3n) is 4.14. The van der Waals surface area contributed by atoms with Gasteiger partial charge in [-0.05, 0) is 24.5 Å². The molecule has 0 saturated carbocycles. The average molecular weight is 353 g/mol. The molecule has 2 rings (SSSR count). The number of unbranched alkanes of at least 4 members (excludes halogenated alkanes) is 3. The van der Waals surface area contributed by atoms with Crippen LogP contribution in [0.5, 0.6) is 0 Å². The number of hydrogen-bond donors (Lipinski definition) is 2. The van der Waals surface area contributed by atoms with E-state index in [9.17, 15) is 8.42 Å². The number of fused-ring (bicyclic) bond motifs is 1. The first-order valence-corrected chi connectivity index (χ1v) is 10.3. The molecule has 0 unspecified atom stereocenters. The van der Waals surface area contributed by atoms with Crippen LogP contribution in [0, 0.1) is 0 Å². The number of aliphatic imine (C=N–C) groups is 1. The summed E-state index contributed by atoms with van der Waals surface area (Å²) in [7, 11) is -3.34. The van der Waals surface area contributed by atoms with Crippen LogP contribution in [0.15, 0.2) is 29.3 Å². The SMILES string of the molecule is CCCCCCN=C(N)NCCS(=O)(=O)N1CCc2ccccc21. The fraction of sp³-hybridized carbons (Fsp3) is 0.588. The maximum atomic E-state index is 12.5. The number of anilines is 1. The first-order valence-electron chi connectivity index (χ1n) is 8.66. The molecule has 6 nitrogen and oxygen atoms in total. The van der Waals surface area contributed by atoms with Crippen LogP contribution < -0.4 is 15.4 Å². The molecular weight excluding hydrogens is 324 g/mol. The highest BCUT2D eigenvalue weighted by Gasteiger charge is 2.28. The minimum Gasteiger partial charge on any atom is -0.370 e. The summed E-state index contributed by atoms with van der Waals surface area (Å²) in [6, 6.07) is 7.65. The van der Waals surface area contributed by atoms with Gasteiger partial charge in [-0.2, -0.15) is 0 Å². The van der Waals surface area contributed by atoms with Gasteiger partial charge >= 0.3 is 0 Å². The first kappa shape index (κ1) is 18.6. The molecule has 0 aliphatic carbocycles. The standard InChI is InChI=1S/C17H28N4O2S/c1-2-3-4-7-11-19-17(18)20-12-14-24(22,23)21-13-10-15-8-5-6-9-16(15)21/h5-6,8-9H,2-4,7,10-14H2,1H3,(H3,18,19,20). The van der Waals surface area contributed by atoms with E-state index in [1.807, 2.05) is 24.3 Å². The lowest BCUT2D eigenvalue weighted by atomic mass is 10.2. The second-order valence-corrected chi connectivity index (χ2v) is 8.03. The topological polar surface area (TPSA) is 87.8 Å². The predicted molar refractivity (Wildman–Crippen MR) is 99.9 cm³/mol. The van der Waals surface area contributed by atoms with Crippen LogP contribution in [0.1, 0.15) is 38.2 Å². The third kappa shape index (κ3) is 5.12. The van der Waals surface area contributed by atoms with E-state index >= 15 is 0 Å². The smallest absolute Gasteiger partial charge is 0.236 e. The van der Waals surface area contributed by atoms with Gasteiger partial charge in [0.15, 0.2) is 5.96 Å². The molecule has 1 aliphatic heterocycles. The van der Waals surface area contributed by atoms with Gasteiger partial charge < -0.3 is 11.1 Å². The van der Waals surface area contributed by atoms with Gasteiger partial charge in [0, 0.05) is 19.6 Å². The Bertz CT molecular complexity index is 658. The van der Waals surface area contributed by atoms with Crippen LogP contribution in [0.25, 0.3) is 0 Å². The molecule has 134 valence electrons. The highest BCUT2D eigenvalue weighted by molar-refractivity contribution is 7.92. The van der Waals surface area contributed by atoms with Gasteiger partial charge in [0.05, 0.1) is 11.4 Å². The summed E-state index contributed by atoms with van der Waals surface area (Å²) in [5.41, 5.74) is 7.66. The molecule has 7 heteroatoms. The molecule has 0 amide bonds. The maximum Gasteiger partial charge on any atom is 0.236 e. The molecule has 1 aliphatic rings. The van der Waals surface area contributed by atoms with E-state index in [1.54, 1.807) is 0 Å². The first-order chi connectivity index (χ1) is 11.5. The summed E-state index contributed by atoms with van der Waals surface area (Å²) in [4.78, 5) is 4.22. The average Bonchev–Trinajstić information content (AvgIpc) is 2.99. The zero-order chi connectivity index (χ0) is 17.4. The number of hydrogen-bond acceptors (Lipinski definition) is 3. The minimum absolute atomic E-state index is 0.00733. The molecule has 0 radical (unpaired) electrons. The van der Waals surface area contributed by atoms with Crippen LogP contribution in [0.3, 0.4) is 0 Å². The van der Waals surface area contributed by atoms with Gasteiger partial charge in [-0.25, -0.2) is 8.42 Å². The van der Waals surface area contributed by atoms with Crippen molar-refractivity contribution in [2.75, 3.05) is 29.7 Å². The van der Waals surface area contributed by atoms with Crippen LogP contribution in [-0.4, -0.2) is 39.8 Å². The van der Waals surface area contributed by atoms with E-state index in [0.29, 0.717) is 19.0 Å². The zero-order valence-electron chi connectivity index (χ0n) is 14.4. The van der Waals surface area contributed by atoms with Crippen molar-refractivity contribution >= 4 is 21.7 Å². The summed E-state index contributed by atoms with van der Waals surface area (Å²) >= 11 is 0. The van der Waals surface area contributed by atoms with Crippen molar-refractivity contribution < 1.29 is 8.42 Å². The number of para-hydroxylation sites is 1. The molecule has 0 aromatic heterocycles. The molecule has 0 bridgehead atoms. The summed E-state index contributed by atoms with van der Waals surface area (Å²) in [6.07, 6.45) is 5.33. The van der Waals surface area contributed by atoms with Crippen molar-refractivity contribution in [3.63, 3.8) is 0 Å². The molecule has 3 N–H and O–H groups in total. The maximum absolute atomic E-state index is 12.5. The van der Waals surface area contributed by atoms with E-state index < -0.39 is 10.0 Å². The van der Waals surface area contributed by atoms with Crippen LogP contribution in [0.2, 0.25) is 0 Å². The Hall–Kier alpha value is -1.76. The van der Waals surface area contributed by atoms with Crippen LogP contribution in [-0.2, 0) is 16.4 Å². The Kier molecular flexibility index (Phi) is 6.90.